The highest BCUT2D eigenvalue weighted by Crippen LogP contribution is 2.47. The highest BCUT2D eigenvalue weighted by atomic mass is 16.3. The molecule has 1 aromatic carbocycles. The molecule has 0 aliphatic carbocycles. The minimum atomic E-state index is -0.319. The molecule has 0 bridgehead atoms. The zero-order valence-corrected chi connectivity index (χ0v) is 11.9. The van der Waals surface area contributed by atoms with Crippen molar-refractivity contribution in [2.24, 2.45) is 0 Å². The fourth-order valence-electron chi connectivity index (χ4n) is 4.29. The van der Waals surface area contributed by atoms with Crippen LogP contribution in [0.2, 0.25) is 0 Å². The SMILES string of the molecule is CCC12c3oc4ccccc4c3CCN1CCC[C@H]2O. The molecule has 2 atom stereocenters. The van der Waals surface area contributed by atoms with Crippen molar-refractivity contribution in [1.82, 2.24) is 4.90 Å². The molecule has 0 spiro atoms. The third-order valence-electron chi connectivity index (χ3n) is 5.28. The Bertz CT molecular complexity index is 647. The molecule has 1 fully saturated rings. The molecule has 0 saturated carbocycles. The van der Waals surface area contributed by atoms with Crippen LogP contribution in [0, 0.1) is 0 Å². The Morgan fingerprint density at radius 1 is 1.35 bits per heavy atom. The second kappa shape index (κ2) is 4.34. The maximum absolute atomic E-state index is 10.7. The second-order valence-corrected chi connectivity index (χ2v) is 6.08. The van der Waals surface area contributed by atoms with E-state index in [2.05, 4.69) is 24.0 Å². The summed E-state index contributed by atoms with van der Waals surface area (Å²) in [5.41, 5.74) is 1.98. The lowest BCUT2D eigenvalue weighted by molar-refractivity contribution is -0.0894. The minimum Gasteiger partial charge on any atom is -0.459 e. The zero-order valence-electron chi connectivity index (χ0n) is 11.9. The summed E-state index contributed by atoms with van der Waals surface area (Å²) in [6.45, 7) is 4.27. The number of hydrogen-bond acceptors (Lipinski definition) is 3. The van der Waals surface area contributed by atoms with E-state index in [1.165, 1.54) is 10.9 Å². The minimum absolute atomic E-state index is 0.301. The van der Waals surface area contributed by atoms with Gasteiger partial charge in [-0.05, 0) is 38.3 Å². The lowest BCUT2D eigenvalue weighted by atomic mass is 9.75. The van der Waals surface area contributed by atoms with E-state index < -0.39 is 0 Å². The number of piperidine rings is 1. The van der Waals surface area contributed by atoms with Crippen LogP contribution in [0.15, 0.2) is 28.7 Å². The van der Waals surface area contributed by atoms with Crippen LogP contribution in [0.4, 0.5) is 0 Å². The van der Waals surface area contributed by atoms with Gasteiger partial charge >= 0.3 is 0 Å². The van der Waals surface area contributed by atoms with Crippen molar-refractivity contribution in [2.45, 2.75) is 44.2 Å². The number of furan rings is 1. The van der Waals surface area contributed by atoms with Crippen LogP contribution in [0.1, 0.15) is 37.5 Å². The van der Waals surface area contributed by atoms with Gasteiger partial charge < -0.3 is 9.52 Å². The topological polar surface area (TPSA) is 36.6 Å². The molecule has 3 nitrogen and oxygen atoms in total. The average molecular weight is 271 g/mol. The number of nitrogens with zero attached hydrogens (tertiary/aromatic N) is 1. The Balaban J connectivity index is 1.98. The van der Waals surface area contributed by atoms with Gasteiger partial charge in [-0.3, -0.25) is 4.90 Å². The van der Waals surface area contributed by atoms with Crippen LogP contribution in [-0.4, -0.2) is 29.2 Å². The Labute approximate surface area is 119 Å². The van der Waals surface area contributed by atoms with Crippen LogP contribution in [0.3, 0.4) is 0 Å². The number of rotatable bonds is 1. The molecule has 1 saturated heterocycles. The predicted molar refractivity (Wildman–Crippen MR) is 78.7 cm³/mol. The summed E-state index contributed by atoms with van der Waals surface area (Å²) < 4.78 is 6.22. The monoisotopic (exact) mass is 271 g/mol. The molecule has 2 aliphatic heterocycles. The van der Waals surface area contributed by atoms with E-state index in [0.717, 1.165) is 50.1 Å². The van der Waals surface area contributed by atoms with Gasteiger partial charge in [0.15, 0.2) is 0 Å². The second-order valence-electron chi connectivity index (χ2n) is 6.08. The van der Waals surface area contributed by atoms with Crippen molar-refractivity contribution in [2.75, 3.05) is 13.1 Å². The van der Waals surface area contributed by atoms with E-state index in [1.54, 1.807) is 0 Å². The molecule has 0 radical (unpaired) electrons. The van der Waals surface area contributed by atoms with Gasteiger partial charge in [0, 0.05) is 17.5 Å². The first kappa shape index (κ1) is 12.4. The molecule has 106 valence electrons. The maximum atomic E-state index is 10.7. The van der Waals surface area contributed by atoms with E-state index in [-0.39, 0.29) is 11.6 Å². The molecular weight excluding hydrogens is 250 g/mol. The summed E-state index contributed by atoms with van der Waals surface area (Å²) in [5, 5.41) is 12.0. The van der Waals surface area contributed by atoms with E-state index in [1.807, 2.05) is 12.1 Å². The normalized spacial score (nSPS) is 30.2. The molecule has 4 rings (SSSR count). The summed E-state index contributed by atoms with van der Waals surface area (Å²) in [7, 11) is 0. The average Bonchev–Trinajstić information content (AvgIpc) is 2.86. The molecule has 2 aliphatic rings. The Kier molecular flexibility index (Phi) is 2.69. The summed E-state index contributed by atoms with van der Waals surface area (Å²) >= 11 is 0. The van der Waals surface area contributed by atoms with Crippen molar-refractivity contribution in [3.05, 3.63) is 35.6 Å². The molecule has 0 amide bonds. The lowest BCUT2D eigenvalue weighted by Crippen LogP contribution is -2.59. The Morgan fingerprint density at radius 2 is 2.20 bits per heavy atom. The number of fused-ring (bicyclic) bond motifs is 5. The molecule has 3 heteroatoms. The first-order valence-electron chi connectivity index (χ1n) is 7.71. The van der Waals surface area contributed by atoms with Gasteiger partial charge in [0.2, 0.25) is 0 Å². The van der Waals surface area contributed by atoms with Gasteiger partial charge in [0.25, 0.3) is 0 Å². The maximum Gasteiger partial charge on any atom is 0.134 e. The van der Waals surface area contributed by atoms with Crippen LogP contribution < -0.4 is 0 Å². The molecule has 20 heavy (non-hydrogen) atoms. The van der Waals surface area contributed by atoms with Crippen molar-refractivity contribution in [3.8, 4) is 0 Å². The predicted octanol–water partition coefficient (Wildman–Crippen LogP) is 3.05. The highest BCUT2D eigenvalue weighted by Gasteiger charge is 2.51. The smallest absolute Gasteiger partial charge is 0.134 e. The lowest BCUT2D eigenvalue weighted by Gasteiger charge is -2.51. The van der Waals surface area contributed by atoms with E-state index in [9.17, 15) is 5.11 Å². The molecule has 3 heterocycles. The number of benzene rings is 1. The van der Waals surface area contributed by atoms with E-state index in [4.69, 9.17) is 4.42 Å². The Hall–Kier alpha value is -1.32. The fourth-order valence-corrected chi connectivity index (χ4v) is 4.29. The molecule has 2 aromatic rings. The molecule has 1 N–H and O–H groups in total. The standard InChI is InChI=1S/C17H21NO2/c1-2-17-15(19)8-5-10-18(17)11-9-13-12-6-3-4-7-14(12)20-16(13)17/h3-4,6-7,15,19H,2,5,8-11H2,1H3/t15-,17?/m1/s1. The third-order valence-corrected chi connectivity index (χ3v) is 5.28. The fraction of sp³-hybridized carbons (Fsp3) is 0.529. The van der Waals surface area contributed by atoms with E-state index >= 15 is 0 Å². The molecule has 1 unspecified atom stereocenters. The van der Waals surface area contributed by atoms with Gasteiger partial charge in [-0.2, -0.15) is 0 Å². The summed E-state index contributed by atoms with van der Waals surface area (Å²) in [4.78, 5) is 2.45. The highest BCUT2D eigenvalue weighted by molar-refractivity contribution is 5.83. The van der Waals surface area contributed by atoms with Crippen molar-refractivity contribution in [1.29, 1.82) is 0 Å². The number of aliphatic hydroxyl groups is 1. The van der Waals surface area contributed by atoms with Crippen LogP contribution in [-0.2, 0) is 12.0 Å². The number of para-hydroxylation sites is 1. The van der Waals surface area contributed by atoms with Crippen LogP contribution in [0.5, 0.6) is 0 Å². The van der Waals surface area contributed by atoms with Crippen molar-refractivity contribution >= 4 is 11.0 Å². The zero-order chi connectivity index (χ0) is 13.7. The van der Waals surface area contributed by atoms with Gasteiger partial charge in [0.1, 0.15) is 16.9 Å². The molecular formula is C17H21NO2. The quantitative estimate of drug-likeness (QED) is 0.866. The first-order chi connectivity index (χ1) is 9.77. The van der Waals surface area contributed by atoms with Crippen molar-refractivity contribution in [3.63, 3.8) is 0 Å². The van der Waals surface area contributed by atoms with Crippen molar-refractivity contribution < 1.29 is 9.52 Å². The van der Waals surface area contributed by atoms with Crippen LogP contribution in [0.25, 0.3) is 11.0 Å². The Morgan fingerprint density at radius 3 is 3.05 bits per heavy atom. The number of aliphatic hydroxyl groups excluding tert-OH is 1. The first-order valence-corrected chi connectivity index (χ1v) is 7.71. The van der Waals surface area contributed by atoms with Gasteiger partial charge in [-0.15, -0.1) is 0 Å². The van der Waals surface area contributed by atoms with Crippen LogP contribution >= 0.6 is 0 Å². The van der Waals surface area contributed by atoms with Gasteiger partial charge in [-0.25, -0.2) is 0 Å². The van der Waals surface area contributed by atoms with Gasteiger partial charge in [0.05, 0.1) is 6.10 Å². The summed E-state index contributed by atoms with van der Waals surface area (Å²) in [5.74, 6) is 1.03. The third kappa shape index (κ3) is 1.42. The number of hydrogen-bond donors (Lipinski definition) is 1. The summed E-state index contributed by atoms with van der Waals surface area (Å²) in [6, 6.07) is 8.27. The largest absolute Gasteiger partial charge is 0.459 e. The molecule has 1 aromatic heterocycles. The summed E-state index contributed by atoms with van der Waals surface area (Å²) in [6.07, 6.45) is 3.57. The van der Waals surface area contributed by atoms with E-state index in [0.29, 0.717) is 0 Å². The van der Waals surface area contributed by atoms with Gasteiger partial charge in [-0.1, -0.05) is 25.1 Å².